The molecule has 0 aliphatic carbocycles. The molecule has 0 aliphatic heterocycles. The molecule has 5 rings (SSSR count). The molecule has 0 saturated carbocycles. The Morgan fingerprint density at radius 2 is 1.50 bits per heavy atom. The third kappa shape index (κ3) is 7.87. The second kappa shape index (κ2) is 12.6. The number of nitrogens with zero attached hydrogens (tertiary/aromatic N) is 4. The molecular weight excluding hydrogens is 604 g/mol. The Hall–Kier alpha value is -4.39. The summed E-state index contributed by atoms with van der Waals surface area (Å²) < 4.78 is 12.9. The van der Waals surface area contributed by atoms with Crippen LogP contribution >= 0.6 is 15.9 Å². The van der Waals surface area contributed by atoms with E-state index in [0.717, 1.165) is 22.3 Å². The third-order valence-electron chi connectivity index (χ3n) is 5.65. The summed E-state index contributed by atoms with van der Waals surface area (Å²) in [5.74, 6) is 0. The summed E-state index contributed by atoms with van der Waals surface area (Å²) in [5, 5.41) is 9.74. The minimum Gasteiger partial charge on any atom is -0.447 e. The van der Waals surface area contributed by atoms with Gasteiger partial charge in [0.25, 0.3) is 0 Å². The Kier molecular flexibility index (Phi) is 9.20. The van der Waals surface area contributed by atoms with Crippen LogP contribution in [0.15, 0.2) is 53.7 Å². The van der Waals surface area contributed by atoms with Crippen LogP contribution in [-0.4, -0.2) is 53.6 Å². The summed E-state index contributed by atoms with van der Waals surface area (Å²) in [4.78, 5) is 38.6. The van der Waals surface area contributed by atoms with Gasteiger partial charge < -0.3 is 19.4 Å². The predicted octanol–water partition coefficient (Wildman–Crippen LogP) is 7.64. The fourth-order valence-electron chi connectivity index (χ4n) is 3.85. The van der Waals surface area contributed by atoms with Crippen molar-refractivity contribution < 1.29 is 19.1 Å². The zero-order valence-corrected chi connectivity index (χ0v) is 26.2. The molecule has 0 unspecified atom stereocenters. The first kappa shape index (κ1) is 30.6. The van der Waals surface area contributed by atoms with Crippen LogP contribution < -0.4 is 10.6 Å². The summed E-state index contributed by atoms with van der Waals surface area (Å²) >= 11 is 3.30. The molecule has 0 aromatic carbocycles. The molecule has 5 aromatic heterocycles. The summed E-state index contributed by atoms with van der Waals surface area (Å²) in [7, 11) is 0. The number of halogens is 1. The monoisotopic (exact) mass is 638 g/mol. The lowest BCUT2D eigenvalue weighted by Gasteiger charge is -2.19. The van der Waals surface area contributed by atoms with Gasteiger partial charge in [-0.05, 0) is 88.7 Å². The van der Waals surface area contributed by atoms with Crippen LogP contribution in [0.25, 0.3) is 33.3 Å². The highest BCUT2D eigenvalue weighted by Crippen LogP contribution is 2.26. The zero-order valence-electron chi connectivity index (χ0n) is 24.6. The molecule has 5 aromatic rings. The third-order valence-corrected chi connectivity index (χ3v) is 6.09. The zero-order chi connectivity index (χ0) is 30.6. The molecule has 0 aliphatic rings. The maximum absolute atomic E-state index is 11.8. The van der Waals surface area contributed by atoms with Gasteiger partial charge in [-0.1, -0.05) is 0 Å². The van der Waals surface area contributed by atoms with E-state index in [-0.39, 0.29) is 12.1 Å². The largest absolute Gasteiger partial charge is 0.447 e. The van der Waals surface area contributed by atoms with Gasteiger partial charge in [0.05, 0.1) is 40.4 Å². The molecule has 4 N–H and O–H groups in total. The lowest BCUT2D eigenvalue weighted by molar-refractivity contribution is 0.0636. The normalized spacial score (nSPS) is 11.5. The number of H-pyrrole nitrogens is 2. The molecule has 0 spiro atoms. The quantitative estimate of drug-likeness (QED) is 0.144. The van der Waals surface area contributed by atoms with Crippen LogP contribution in [0.3, 0.4) is 0 Å². The molecule has 0 atom stereocenters. The van der Waals surface area contributed by atoms with E-state index in [9.17, 15) is 9.59 Å². The van der Waals surface area contributed by atoms with Crippen LogP contribution in [0, 0.1) is 0 Å². The van der Waals surface area contributed by atoms with E-state index >= 15 is 0 Å². The summed E-state index contributed by atoms with van der Waals surface area (Å²) in [6.45, 7) is 13.2. The average molecular weight is 640 g/mol. The number of nitrogens with one attached hydrogen (secondary N) is 4. The number of hydrogen-bond acceptors (Lipinski definition) is 7. The second-order valence-corrected chi connectivity index (χ2v) is 11.8. The molecule has 12 nitrogen and oxygen atoms in total. The van der Waals surface area contributed by atoms with E-state index in [1.807, 2.05) is 55.9 Å². The number of carbonyl (C=O) groups excluding carboxylic acids is 2. The van der Waals surface area contributed by atoms with Gasteiger partial charge >= 0.3 is 12.2 Å². The minimum absolute atomic E-state index is 0.180. The minimum atomic E-state index is -0.524. The molecule has 0 bridgehead atoms. The van der Waals surface area contributed by atoms with Crippen molar-refractivity contribution in [3.63, 3.8) is 0 Å². The number of ether oxygens (including phenoxy) is 2. The second-order valence-electron chi connectivity index (χ2n) is 11.0. The van der Waals surface area contributed by atoms with E-state index in [4.69, 9.17) is 9.47 Å². The van der Waals surface area contributed by atoms with Gasteiger partial charge in [-0.3, -0.25) is 15.3 Å². The Bertz CT molecular complexity index is 1700. The van der Waals surface area contributed by atoms with Crippen molar-refractivity contribution in [1.29, 1.82) is 0 Å². The predicted molar refractivity (Wildman–Crippen MR) is 167 cm³/mol. The van der Waals surface area contributed by atoms with Gasteiger partial charge in [0, 0.05) is 30.2 Å². The fourth-order valence-corrected chi connectivity index (χ4v) is 4.16. The lowest BCUT2D eigenvalue weighted by Crippen LogP contribution is -2.27. The molecule has 13 heteroatoms. The number of pyridine rings is 2. The topological polar surface area (TPSA) is 152 Å². The molecule has 42 heavy (non-hydrogen) atoms. The van der Waals surface area contributed by atoms with E-state index in [1.54, 1.807) is 32.4 Å². The van der Waals surface area contributed by atoms with E-state index in [2.05, 4.69) is 65.4 Å². The highest BCUT2D eigenvalue weighted by molar-refractivity contribution is 9.10. The number of aromatic nitrogens is 6. The number of carbonyl (C=O) groups is 2. The Labute approximate surface area is 251 Å². The van der Waals surface area contributed by atoms with Crippen molar-refractivity contribution in [3.05, 3.63) is 53.7 Å². The van der Waals surface area contributed by atoms with Gasteiger partial charge in [-0.25, -0.2) is 19.6 Å². The first-order valence-electron chi connectivity index (χ1n) is 13.4. The van der Waals surface area contributed by atoms with Gasteiger partial charge in [0.2, 0.25) is 0 Å². The van der Waals surface area contributed by atoms with Crippen LogP contribution in [0.4, 0.5) is 21.0 Å². The van der Waals surface area contributed by atoms with Gasteiger partial charge in [0.1, 0.15) is 21.2 Å². The summed E-state index contributed by atoms with van der Waals surface area (Å²) in [6, 6.07) is 7.86. The molecule has 0 fully saturated rings. The van der Waals surface area contributed by atoms with E-state index in [1.165, 1.54) is 0 Å². The number of hydrogen-bond donors (Lipinski definition) is 4. The smallest absolute Gasteiger partial charge is 0.412 e. The van der Waals surface area contributed by atoms with E-state index < -0.39 is 17.8 Å². The van der Waals surface area contributed by atoms with Crippen LogP contribution in [0.5, 0.6) is 0 Å². The van der Waals surface area contributed by atoms with Crippen molar-refractivity contribution in [1.82, 2.24) is 29.7 Å². The number of fused-ring (bicyclic) bond motifs is 2. The average Bonchev–Trinajstić information content (AvgIpc) is 3.62. The van der Waals surface area contributed by atoms with Crippen molar-refractivity contribution >= 4 is 61.6 Å². The standard InChI is InChI=1S/C17H21N5O2.C12H14BrN3O2/c1-10(2)22-9-12(7-19-22)13-5-6-14-16(20-13)15(8-18-14)21-17(23)24-11(3)4;1-12(2,3)18-11(17)15-8-6-14-7-4-5-9(13)16-10(7)8/h5-11,18H,1-4H3,(H,21,23);4-6,14H,1-3H3,(H,15,17). The Morgan fingerprint density at radius 3 is 2.07 bits per heavy atom. The van der Waals surface area contributed by atoms with Crippen molar-refractivity contribution in [3.8, 4) is 11.3 Å². The maximum Gasteiger partial charge on any atom is 0.412 e. The molecule has 2 amide bonds. The maximum atomic E-state index is 11.8. The van der Waals surface area contributed by atoms with Gasteiger partial charge in [0.15, 0.2) is 0 Å². The van der Waals surface area contributed by atoms with Crippen molar-refractivity contribution in [2.45, 2.75) is 66.2 Å². The highest BCUT2D eigenvalue weighted by Gasteiger charge is 2.18. The number of rotatable bonds is 5. The Morgan fingerprint density at radius 1 is 0.905 bits per heavy atom. The first-order valence-corrected chi connectivity index (χ1v) is 14.2. The van der Waals surface area contributed by atoms with Gasteiger partial charge in [-0.2, -0.15) is 5.10 Å². The highest BCUT2D eigenvalue weighted by atomic mass is 79.9. The molecule has 0 saturated heterocycles. The van der Waals surface area contributed by atoms with Crippen molar-refractivity contribution in [2.24, 2.45) is 0 Å². The van der Waals surface area contributed by atoms with Crippen LogP contribution in [-0.2, 0) is 9.47 Å². The molecule has 222 valence electrons. The summed E-state index contributed by atoms with van der Waals surface area (Å²) in [5.41, 5.74) is 5.47. The fraction of sp³-hybridized carbons (Fsp3) is 0.345. The number of amides is 2. The van der Waals surface area contributed by atoms with E-state index in [0.29, 0.717) is 27.0 Å². The van der Waals surface area contributed by atoms with Crippen LogP contribution in [0.2, 0.25) is 0 Å². The first-order chi connectivity index (χ1) is 19.8. The number of anilines is 2. The molecular formula is C29H35BrN8O4. The van der Waals surface area contributed by atoms with Gasteiger partial charge in [-0.15, -0.1) is 0 Å². The molecule has 0 radical (unpaired) electrons. The molecule has 5 heterocycles. The van der Waals surface area contributed by atoms with Crippen molar-refractivity contribution in [2.75, 3.05) is 10.6 Å². The summed E-state index contributed by atoms with van der Waals surface area (Å²) in [6.07, 6.45) is 5.98. The lowest BCUT2D eigenvalue weighted by atomic mass is 10.2. The SMILES string of the molecule is CC(C)(C)OC(=O)Nc1c[nH]c2ccc(Br)nc12.CC(C)OC(=O)Nc1c[nH]c2ccc(-c3cnn(C(C)C)c3)nc12. The number of aromatic amines is 2. The van der Waals surface area contributed by atoms with Crippen LogP contribution in [0.1, 0.15) is 54.5 Å². The Balaban J connectivity index is 0.000000201.